The summed E-state index contributed by atoms with van der Waals surface area (Å²) in [6.45, 7) is 4.16. The standard InChI is InChI=1S/C34H38N4S2/c1-35(2)19-9-21-37-27-11-5-7-13-31(27)39-33-17-15-25(23-29(33)37)26-16-18-34-30(24-26)38(22-10-20-36(3)4)28-12-6-8-14-32(28)40-34/h5-8,11-18,23-24H,9-10,19-22H2,1-4H3. The maximum Gasteiger partial charge on any atom is 0.0559 e. The van der Waals surface area contributed by atoms with Crippen LogP contribution in [-0.2, 0) is 0 Å². The fourth-order valence-corrected chi connectivity index (χ4v) is 7.74. The molecule has 2 heterocycles. The van der Waals surface area contributed by atoms with Gasteiger partial charge in [-0.1, -0.05) is 59.9 Å². The molecule has 2 aliphatic heterocycles. The first-order valence-electron chi connectivity index (χ1n) is 14.1. The van der Waals surface area contributed by atoms with Crippen LogP contribution in [0.15, 0.2) is 105 Å². The maximum atomic E-state index is 2.53. The first-order chi connectivity index (χ1) is 19.5. The molecule has 206 valence electrons. The van der Waals surface area contributed by atoms with Gasteiger partial charge in [-0.2, -0.15) is 0 Å². The van der Waals surface area contributed by atoms with Crippen molar-refractivity contribution in [2.75, 3.05) is 64.2 Å². The first-order valence-corrected chi connectivity index (χ1v) is 15.8. The SMILES string of the molecule is CN(C)CCCN1c2ccccc2Sc2ccc(-c3ccc4c(c3)N(CCCN(C)C)c3ccccc3S4)cc21. The molecule has 0 aliphatic carbocycles. The van der Waals surface area contributed by atoms with Gasteiger partial charge in [0.25, 0.3) is 0 Å². The van der Waals surface area contributed by atoms with Gasteiger partial charge in [0, 0.05) is 32.7 Å². The van der Waals surface area contributed by atoms with Crippen molar-refractivity contribution in [3.8, 4) is 11.1 Å². The van der Waals surface area contributed by atoms with Crippen molar-refractivity contribution in [1.82, 2.24) is 9.80 Å². The van der Waals surface area contributed by atoms with Crippen molar-refractivity contribution in [3.05, 3.63) is 84.9 Å². The van der Waals surface area contributed by atoms with Gasteiger partial charge < -0.3 is 19.6 Å². The highest BCUT2D eigenvalue weighted by atomic mass is 32.2. The molecular weight excluding hydrogens is 529 g/mol. The summed E-state index contributed by atoms with van der Waals surface area (Å²) in [5.74, 6) is 0. The van der Waals surface area contributed by atoms with E-state index in [1.165, 1.54) is 53.5 Å². The van der Waals surface area contributed by atoms with Crippen molar-refractivity contribution in [1.29, 1.82) is 0 Å². The minimum atomic E-state index is 1.00. The second-order valence-electron chi connectivity index (χ2n) is 11.1. The summed E-state index contributed by atoms with van der Waals surface area (Å²) in [6.07, 6.45) is 2.24. The van der Waals surface area contributed by atoms with Crippen LogP contribution in [0.5, 0.6) is 0 Å². The molecule has 0 fully saturated rings. The minimum absolute atomic E-state index is 1.00. The summed E-state index contributed by atoms with van der Waals surface area (Å²) in [5, 5.41) is 0. The van der Waals surface area contributed by atoms with Crippen LogP contribution < -0.4 is 9.80 Å². The Hall–Kier alpha value is -2.90. The Morgan fingerprint density at radius 1 is 0.500 bits per heavy atom. The molecular formula is C34H38N4S2. The molecule has 0 atom stereocenters. The Bertz CT molecular complexity index is 1390. The number of hydrogen-bond donors (Lipinski definition) is 0. The molecule has 0 N–H and O–H groups in total. The lowest BCUT2D eigenvalue weighted by Gasteiger charge is -2.34. The number of benzene rings is 4. The van der Waals surface area contributed by atoms with Gasteiger partial charge in [-0.3, -0.25) is 0 Å². The average Bonchev–Trinajstić information content (AvgIpc) is 2.95. The lowest BCUT2D eigenvalue weighted by molar-refractivity contribution is 0.402. The van der Waals surface area contributed by atoms with Gasteiger partial charge >= 0.3 is 0 Å². The molecule has 6 heteroatoms. The molecule has 0 spiro atoms. The van der Waals surface area contributed by atoms with Gasteiger partial charge in [-0.25, -0.2) is 0 Å². The largest absolute Gasteiger partial charge is 0.340 e. The Morgan fingerprint density at radius 2 is 0.900 bits per heavy atom. The maximum absolute atomic E-state index is 2.53. The Balaban J connectivity index is 1.36. The van der Waals surface area contributed by atoms with E-state index >= 15 is 0 Å². The molecule has 0 unspecified atom stereocenters. The van der Waals surface area contributed by atoms with Crippen molar-refractivity contribution in [2.24, 2.45) is 0 Å². The predicted molar refractivity (Wildman–Crippen MR) is 173 cm³/mol. The van der Waals surface area contributed by atoms with E-state index in [2.05, 4.69) is 133 Å². The van der Waals surface area contributed by atoms with Crippen LogP contribution in [0, 0.1) is 0 Å². The van der Waals surface area contributed by atoms with Crippen LogP contribution in [0.4, 0.5) is 22.7 Å². The van der Waals surface area contributed by atoms with Gasteiger partial charge in [-0.15, -0.1) is 0 Å². The van der Waals surface area contributed by atoms with Crippen LogP contribution in [0.2, 0.25) is 0 Å². The van der Waals surface area contributed by atoms with Crippen molar-refractivity contribution >= 4 is 46.3 Å². The number of rotatable bonds is 9. The molecule has 4 aromatic carbocycles. The Kier molecular flexibility index (Phi) is 8.12. The van der Waals surface area contributed by atoms with Crippen LogP contribution in [0.25, 0.3) is 11.1 Å². The molecule has 0 radical (unpaired) electrons. The monoisotopic (exact) mass is 566 g/mol. The third kappa shape index (κ3) is 5.64. The van der Waals surface area contributed by atoms with E-state index in [-0.39, 0.29) is 0 Å². The van der Waals surface area contributed by atoms with Gasteiger partial charge in [0.15, 0.2) is 0 Å². The lowest BCUT2D eigenvalue weighted by atomic mass is 10.0. The molecule has 0 amide bonds. The minimum Gasteiger partial charge on any atom is -0.340 e. The Morgan fingerprint density at radius 3 is 1.32 bits per heavy atom. The normalized spacial score (nSPS) is 13.8. The molecule has 40 heavy (non-hydrogen) atoms. The topological polar surface area (TPSA) is 13.0 Å². The van der Waals surface area contributed by atoms with E-state index in [1.54, 1.807) is 0 Å². The molecule has 2 aliphatic rings. The molecule has 6 rings (SSSR count). The summed E-state index contributed by atoms with van der Waals surface area (Å²) < 4.78 is 0. The van der Waals surface area contributed by atoms with E-state index < -0.39 is 0 Å². The van der Waals surface area contributed by atoms with Crippen LogP contribution in [0.3, 0.4) is 0 Å². The van der Waals surface area contributed by atoms with E-state index in [9.17, 15) is 0 Å². The quantitative estimate of drug-likeness (QED) is 0.200. The zero-order valence-corrected chi connectivity index (χ0v) is 25.6. The van der Waals surface area contributed by atoms with Gasteiger partial charge in [-0.05, 0) is 114 Å². The molecule has 4 nitrogen and oxygen atoms in total. The smallest absolute Gasteiger partial charge is 0.0559 e. The average molecular weight is 567 g/mol. The number of nitrogens with zero attached hydrogens (tertiary/aromatic N) is 4. The Labute approximate surface area is 248 Å². The zero-order valence-electron chi connectivity index (χ0n) is 23.9. The van der Waals surface area contributed by atoms with E-state index in [1.807, 2.05) is 23.5 Å². The first kappa shape index (κ1) is 27.3. The number of fused-ring (bicyclic) bond motifs is 4. The molecule has 0 saturated carbocycles. The predicted octanol–water partition coefficient (Wildman–Crippen LogP) is 8.46. The molecule has 0 saturated heterocycles. The van der Waals surface area contributed by atoms with Gasteiger partial charge in [0.05, 0.1) is 22.7 Å². The summed E-state index contributed by atoms with van der Waals surface area (Å²) in [6, 6.07) is 31.7. The second-order valence-corrected chi connectivity index (χ2v) is 13.3. The second kappa shape index (κ2) is 11.9. The highest BCUT2D eigenvalue weighted by molar-refractivity contribution is 8.00. The number of hydrogen-bond acceptors (Lipinski definition) is 6. The van der Waals surface area contributed by atoms with E-state index in [0.717, 1.165) is 39.0 Å². The van der Waals surface area contributed by atoms with Gasteiger partial charge in [0.1, 0.15) is 0 Å². The summed E-state index contributed by atoms with van der Waals surface area (Å²) >= 11 is 3.78. The fourth-order valence-electron chi connectivity index (χ4n) is 5.59. The highest BCUT2D eigenvalue weighted by Crippen LogP contribution is 2.51. The number of para-hydroxylation sites is 2. The van der Waals surface area contributed by atoms with E-state index in [4.69, 9.17) is 0 Å². The highest BCUT2D eigenvalue weighted by Gasteiger charge is 2.26. The van der Waals surface area contributed by atoms with Crippen LogP contribution >= 0.6 is 23.5 Å². The molecule has 4 aromatic rings. The number of anilines is 4. The third-order valence-electron chi connectivity index (χ3n) is 7.56. The lowest BCUT2D eigenvalue weighted by Crippen LogP contribution is -2.25. The van der Waals surface area contributed by atoms with E-state index in [0.29, 0.717) is 0 Å². The fraction of sp³-hybridized carbons (Fsp3) is 0.294. The van der Waals surface area contributed by atoms with Crippen molar-refractivity contribution in [3.63, 3.8) is 0 Å². The third-order valence-corrected chi connectivity index (χ3v) is 9.82. The van der Waals surface area contributed by atoms with Crippen molar-refractivity contribution < 1.29 is 0 Å². The summed E-state index contributed by atoms with van der Waals surface area (Å²) in [7, 11) is 8.62. The summed E-state index contributed by atoms with van der Waals surface area (Å²) in [4.78, 5) is 15.0. The molecule has 0 aromatic heterocycles. The van der Waals surface area contributed by atoms with Gasteiger partial charge in [0.2, 0.25) is 0 Å². The van der Waals surface area contributed by atoms with Crippen LogP contribution in [0.1, 0.15) is 12.8 Å². The summed E-state index contributed by atoms with van der Waals surface area (Å²) in [5.41, 5.74) is 7.83. The zero-order chi connectivity index (χ0) is 27.6. The van der Waals surface area contributed by atoms with Crippen LogP contribution in [-0.4, -0.2) is 64.2 Å². The van der Waals surface area contributed by atoms with Crippen molar-refractivity contribution in [2.45, 2.75) is 32.4 Å². The molecule has 0 bridgehead atoms.